The molecule has 1 atom stereocenters. The third-order valence-corrected chi connectivity index (χ3v) is 3.32. The lowest BCUT2D eigenvalue weighted by Crippen LogP contribution is -2.48. The second-order valence-corrected chi connectivity index (χ2v) is 5.61. The zero-order valence-corrected chi connectivity index (χ0v) is 13.5. The summed E-state index contributed by atoms with van der Waals surface area (Å²) >= 11 is 0. The molecule has 2 aromatic rings. The lowest BCUT2D eigenvalue weighted by molar-refractivity contribution is -0.129. The summed E-state index contributed by atoms with van der Waals surface area (Å²) in [5.41, 5.74) is 0.907. The van der Waals surface area contributed by atoms with Crippen molar-refractivity contribution in [2.45, 2.75) is 33.4 Å². The van der Waals surface area contributed by atoms with Crippen molar-refractivity contribution in [2.75, 3.05) is 0 Å². The van der Waals surface area contributed by atoms with E-state index in [1.54, 1.807) is 23.3 Å². The summed E-state index contributed by atoms with van der Waals surface area (Å²) in [5.74, 6) is 0.274. The minimum Gasteiger partial charge on any atom is -0.350 e. The summed E-state index contributed by atoms with van der Waals surface area (Å²) in [6.07, 6.45) is 5.15. The molecule has 2 N–H and O–H groups in total. The Morgan fingerprint density at radius 1 is 1.30 bits per heavy atom. The Balaban J connectivity index is 2.01. The van der Waals surface area contributed by atoms with Crippen LogP contribution in [0.5, 0.6) is 0 Å². The molecule has 0 aliphatic heterocycles. The van der Waals surface area contributed by atoms with E-state index in [1.807, 2.05) is 32.0 Å². The third kappa shape index (κ3) is 4.64. The summed E-state index contributed by atoms with van der Waals surface area (Å²) in [4.78, 5) is 27.7. The van der Waals surface area contributed by atoms with Crippen molar-refractivity contribution in [3.63, 3.8) is 0 Å². The van der Waals surface area contributed by atoms with Gasteiger partial charge in [0.1, 0.15) is 6.04 Å². The highest BCUT2D eigenvalue weighted by molar-refractivity contribution is 5.87. The zero-order chi connectivity index (χ0) is 16.8. The fraction of sp³-hybridized carbons (Fsp3) is 0.375. The molecule has 2 heterocycles. The summed E-state index contributed by atoms with van der Waals surface area (Å²) in [7, 11) is 0. The first kappa shape index (κ1) is 16.7. The summed E-state index contributed by atoms with van der Waals surface area (Å²) in [6, 6.07) is 4.96. The van der Waals surface area contributed by atoms with Crippen molar-refractivity contribution in [1.29, 1.82) is 0 Å². The molecule has 0 unspecified atom stereocenters. The molecule has 0 spiro atoms. The van der Waals surface area contributed by atoms with Gasteiger partial charge >= 0.3 is 0 Å². The van der Waals surface area contributed by atoms with Crippen molar-refractivity contribution < 1.29 is 9.59 Å². The molecular formula is C16H21N5O2. The predicted octanol–water partition coefficient (Wildman–Crippen LogP) is 1.04. The van der Waals surface area contributed by atoms with Crippen LogP contribution in [-0.4, -0.2) is 32.6 Å². The highest BCUT2D eigenvalue weighted by Gasteiger charge is 2.22. The van der Waals surface area contributed by atoms with Gasteiger partial charge in [-0.25, -0.2) is 9.67 Å². The van der Waals surface area contributed by atoms with E-state index in [-0.39, 0.29) is 17.7 Å². The van der Waals surface area contributed by atoms with Crippen molar-refractivity contribution in [2.24, 2.45) is 5.92 Å². The van der Waals surface area contributed by atoms with Gasteiger partial charge in [0.15, 0.2) is 5.82 Å². The van der Waals surface area contributed by atoms with Gasteiger partial charge in [-0.1, -0.05) is 13.8 Å². The largest absolute Gasteiger partial charge is 0.350 e. The second kappa shape index (κ2) is 7.53. The second-order valence-electron chi connectivity index (χ2n) is 5.61. The van der Waals surface area contributed by atoms with Crippen LogP contribution in [0, 0.1) is 5.92 Å². The van der Waals surface area contributed by atoms with Crippen LogP contribution in [0.4, 0.5) is 0 Å². The minimum atomic E-state index is -0.542. The molecule has 7 heteroatoms. The van der Waals surface area contributed by atoms with E-state index < -0.39 is 6.04 Å². The smallest absolute Gasteiger partial charge is 0.243 e. The van der Waals surface area contributed by atoms with E-state index in [1.165, 1.54) is 6.92 Å². The maximum atomic E-state index is 12.2. The van der Waals surface area contributed by atoms with E-state index in [4.69, 9.17) is 0 Å². The van der Waals surface area contributed by atoms with Gasteiger partial charge < -0.3 is 10.6 Å². The highest BCUT2D eigenvalue weighted by Crippen LogP contribution is 2.07. The number of carbonyl (C=O) groups is 2. The highest BCUT2D eigenvalue weighted by atomic mass is 16.2. The maximum Gasteiger partial charge on any atom is 0.243 e. The van der Waals surface area contributed by atoms with E-state index in [0.29, 0.717) is 12.4 Å². The molecule has 2 amide bonds. The lowest BCUT2D eigenvalue weighted by Gasteiger charge is -2.21. The average molecular weight is 315 g/mol. The topological polar surface area (TPSA) is 88.9 Å². The fourth-order valence-corrected chi connectivity index (χ4v) is 2.15. The molecule has 0 bridgehead atoms. The van der Waals surface area contributed by atoms with Crippen LogP contribution in [0.3, 0.4) is 0 Å². The molecule has 0 radical (unpaired) electrons. The van der Waals surface area contributed by atoms with Gasteiger partial charge in [-0.3, -0.25) is 9.59 Å². The van der Waals surface area contributed by atoms with E-state index in [0.717, 1.165) is 5.56 Å². The Labute approximate surface area is 135 Å². The monoisotopic (exact) mass is 315 g/mol. The number of amides is 2. The van der Waals surface area contributed by atoms with Crippen LogP contribution in [0.15, 0.2) is 36.8 Å². The molecule has 0 aliphatic carbocycles. The molecule has 0 aliphatic rings. The van der Waals surface area contributed by atoms with Gasteiger partial charge in [0.25, 0.3) is 0 Å². The number of nitrogens with zero attached hydrogens (tertiary/aromatic N) is 3. The number of carbonyl (C=O) groups excluding carboxylic acids is 2. The predicted molar refractivity (Wildman–Crippen MR) is 85.6 cm³/mol. The normalized spacial score (nSPS) is 12.0. The quantitative estimate of drug-likeness (QED) is 0.834. The first-order chi connectivity index (χ1) is 11.0. The Hall–Kier alpha value is -2.70. The summed E-state index contributed by atoms with van der Waals surface area (Å²) in [6.45, 7) is 5.55. The number of hydrogen-bond acceptors (Lipinski definition) is 4. The minimum absolute atomic E-state index is 0.0102. The standard InChI is InChI=1S/C16H21N5O2/c1-11(2)15(20-12(3)22)16(23)18-10-13-5-7-17-14(9-13)21-8-4-6-19-21/h4-9,11,15H,10H2,1-3H3,(H,18,23)(H,20,22)/t15-/m0/s1. The van der Waals surface area contributed by atoms with E-state index in [9.17, 15) is 9.59 Å². The number of pyridine rings is 1. The first-order valence-electron chi connectivity index (χ1n) is 7.47. The molecule has 0 aromatic carbocycles. The number of nitrogens with one attached hydrogen (secondary N) is 2. The molecule has 2 aromatic heterocycles. The maximum absolute atomic E-state index is 12.2. The molecule has 7 nitrogen and oxygen atoms in total. The van der Waals surface area contributed by atoms with Crippen LogP contribution in [0.1, 0.15) is 26.3 Å². The Kier molecular flexibility index (Phi) is 5.46. The van der Waals surface area contributed by atoms with Crippen LogP contribution in [0.2, 0.25) is 0 Å². The zero-order valence-electron chi connectivity index (χ0n) is 13.5. The van der Waals surface area contributed by atoms with E-state index >= 15 is 0 Å². The Morgan fingerprint density at radius 2 is 2.09 bits per heavy atom. The first-order valence-corrected chi connectivity index (χ1v) is 7.47. The van der Waals surface area contributed by atoms with Crippen molar-refractivity contribution in [1.82, 2.24) is 25.4 Å². The van der Waals surface area contributed by atoms with E-state index in [2.05, 4.69) is 20.7 Å². The molecular weight excluding hydrogens is 294 g/mol. The van der Waals surface area contributed by atoms with Gasteiger partial charge in [0.05, 0.1) is 0 Å². The summed E-state index contributed by atoms with van der Waals surface area (Å²) < 4.78 is 1.65. The number of rotatable bonds is 6. The fourth-order valence-electron chi connectivity index (χ4n) is 2.15. The molecule has 0 saturated heterocycles. The molecule has 0 saturated carbocycles. The number of aromatic nitrogens is 3. The van der Waals surface area contributed by atoms with Crippen LogP contribution in [-0.2, 0) is 16.1 Å². The lowest BCUT2D eigenvalue weighted by atomic mass is 10.0. The number of hydrogen-bond donors (Lipinski definition) is 2. The third-order valence-electron chi connectivity index (χ3n) is 3.32. The Bertz CT molecular complexity index is 667. The van der Waals surface area contributed by atoms with Crippen LogP contribution < -0.4 is 10.6 Å². The molecule has 0 fully saturated rings. The summed E-state index contributed by atoms with van der Waals surface area (Å²) in [5, 5.41) is 9.65. The van der Waals surface area contributed by atoms with Crippen molar-refractivity contribution in [3.05, 3.63) is 42.4 Å². The molecule has 2 rings (SSSR count). The van der Waals surface area contributed by atoms with Gasteiger partial charge in [-0.05, 0) is 29.7 Å². The van der Waals surface area contributed by atoms with Crippen molar-refractivity contribution >= 4 is 11.8 Å². The van der Waals surface area contributed by atoms with Crippen LogP contribution >= 0.6 is 0 Å². The van der Waals surface area contributed by atoms with Crippen molar-refractivity contribution in [3.8, 4) is 5.82 Å². The SMILES string of the molecule is CC(=O)N[C@H](C(=O)NCc1ccnc(-n2cccn2)c1)C(C)C. The van der Waals surface area contributed by atoms with Gasteiger partial charge in [0, 0.05) is 32.1 Å². The average Bonchev–Trinajstić information content (AvgIpc) is 3.04. The molecule has 122 valence electrons. The van der Waals surface area contributed by atoms with Crippen LogP contribution in [0.25, 0.3) is 5.82 Å². The molecule has 23 heavy (non-hydrogen) atoms. The Morgan fingerprint density at radius 3 is 2.70 bits per heavy atom. The van der Waals surface area contributed by atoms with Gasteiger partial charge in [-0.15, -0.1) is 0 Å². The van der Waals surface area contributed by atoms with Gasteiger partial charge in [-0.2, -0.15) is 5.10 Å². The van der Waals surface area contributed by atoms with Gasteiger partial charge in [0.2, 0.25) is 11.8 Å².